The molecule has 1 aliphatic rings. The summed E-state index contributed by atoms with van der Waals surface area (Å²) < 4.78 is 4.95. The molecule has 1 atom stereocenters. The van der Waals surface area contributed by atoms with E-state index in [1.54, 1.807) is 0 Å². The molecular weight excluding hydrogens is 250 g/mol. The third-order valence-corrected chi connectivity index (χ3v) is 3.54. The van der Waals surface area contributed by atoms with Gasteiger partial charge in [-0.15, -0.1) is 0 Å². The summed E-state index contributed by atoms with van der Waals surface area (Å²) in [4.78, 5) is 15.7. The van der Waals surface area contributed by atoms with Gasteiger partial charge in [0.25, 0.3) is 0 Å². The molecule has 0 fully saturated rings. The van der Waals surface area contributed by atoms with Crippen molar-refractivity contribution in [3.8, 4) is 0 Å². The fraction of sp³-hybridized carbons (Fsp3) is 0.294. The first-order chi connectivity index (χ1) is 9.78. The number of nitrogens with zero attached hydrogens (tertiary/aromatic N) is 1. The highest BCUT2D eigenvalue weighted by atomic mass is 16.5. The maximum Gasteiger partial charge on any atom is 0.336 e. The fourth-order valence-electron chi connectivity index (χ4n) is 2.41. The first kappa shape index (κ1) is 12.9. The third kappa shape index (κ3) is 2.72. The van der Waals surface area contributed by atoms with Crippen LogP contribution in [0.25, 0.3) is 10.8 Å². The van der Waals surface area contributed by atoms with Gasteiger partial charge in [0.1, 0.15) is 0 Å². The lowest BCUT2D eigenvalue weighted by molar-refractivity contribution is -0.142. The van der Waals surface area contributed by atoms with E-state index in [2.05, 4.69) is 35.3 Å². The third-order valence-electron chi connectivity index (χ3n) is 3.54. The van der Waals surface area contributed by atoms with Crippen LogP contribution in [0.2, 0.25) is 0 Å². The number of carbonyl (C=O) groups excluding carboxylic acids is 1. The second-order valence-electron chi connectivity index (χ2n) is 4.96. The van der Waals surface area contributed by atoms with Crippen LogP contribution in [0.3, 0.4) is 0 Å². The predicted octanol–water partition coefficient (Wildman–Crippen LogP) is 3.16. The summed E-state index contributed by atoms with van der Waals surface area (Å²) in [6, 6.07) is 14.5. The van der Waals surface area contributed by atoms with E-state index >= 15 is 0 Å². The van der Waals surface area contributed by atoms with E-state index < -0.39 is 0 Å². The zero-order chi connectivity index (χ0) is 13.9. The number of hydrogen-bond donors (Lipinski definition) is 0. The Morgan fingerprint density at radius 3 is 2.75 bits per heavy atom. The molecule has 0 saturated heterocycles. The van der Waals surface area contributed by atoms with Gasteiger partial charge in [-0.05, 0) is 36.1 Å². The van der Waals surface area contributed by atoms with Gasteiger partial charge in [0.2, 0.25) is 0 Å². The van der Waals surface area contributed by atoms with E-state index in [4.69, 9.17) is 4.74 Å². The largest absolute Gasteiger partial charge is 0.464 e. The minimum Gasteiger partial charge on any atom is -0.464 e. The molecule has 0 amide bonds. The second kappa shape index (κ2) is 5.45. The number of carbonyl (C=O) groups is 1. The van der Waals surface area contributed by atoms with Crippen molar-refractivity contribution in [1.82, 2.24) is 0 Å². The molecule has 0 spiro atoms. The van der Waals surface area contributed by atoms with Gasteiger partial charge in [-0.2, -0.15) is 0 Å². The highest BCUT2D eigenvalue weighted by Gasteiger charge is 2.35. The molecule has 102 valence electrons. The summed E-state index contributed by atoms with van der Waals surface area (Å²) in [7, 11) is 0. The van der Waals surface area contributed by atoms with Crippen LogP contribution in [-0.4, -0.2) is 24.3 Å². The summed E-state index contributed by atoms with van der Waals surface area (Å²) in [5.74, 6) is -0.207. The van der Waals surface area contributed by atoms with Crippen molar-refractivity contribution in [2.24, 2.45) is 4.99 Å². The van der Waals surface area contributed by atoms with Gasteiger partial charge in [-0.25, -0.2) is 4.79 Å². The minimum absolute atomic E-state index is 0.207. The number of benzene rings is 2. The zero-order valence-corrected chi connectivity index (χ0v) is 11.5. The number of fused-ring (bicyclic) bond motifs is 1. The van der Waals surface area contributed by atoms with E-state index in [1.165, 1.54) is 16.3 Å². The zero-order valence-electron chi connectivity index (χ0n) is 11.5. The van der Waals surface area contributed by atoms with Gasteiger partial charge in [0.05, 0.1) is 12.3 Å². The Morgan fingerprint density at radius 1 is 1.15 bits per heavy atom. The average molecular weight is 267 g/mol. The molecule has 3 heteroatoms. The molecule has 0 aliphatic carbocycles. The molecule has 0 radical (unpaired) electrons. The summed E-state index contributed by atoms with van der Waals surface area (Å²) in [6.45, 7) is 2.23. The van der Waals surface area contributed by atoms with Gasteiger partial charge in [0, 0.05) is 0 Å². The Hall–Kier alpha value is -2.16. The van der Waals surface area contributed by atoms with Crippen molar-refractivity contribution >= 4 is 22.5 Å². The molecule has 1 heterocycles. The molecule has 0 N–H and O–H groups in total. The van der Waals surface area contributed by atoms with Gasteiger partial charge in [-0.3, -0.25) is 4.99 Å². The van der Waals surface area contributed by atoms with Crippen LogP contribution < -0.4 is 0 Å². The van der Waals surface area contributed by atoms with E-state index in [0.717, 1.165) is 18.6 Å². The number of aliphatic imine (C=N–C) groups is 1. The van der Waals surface area contributed by atoms with Crippen molar-refractivity contribution in [1.29, 1.82) is 0 Å². The standard InChI is InChI=1S/C17H17NO2/c1-2-20-17(19)16-15(18-16)10-8-12-7-9-13-5-3-4-6-14(13)11-12/h3-7,9,11,16H,2,8,10H2,1H3. The molecule has 0 saturated carbocycles. The molecular formula is C17H17NO2. The van der Waals surface area contributed by atoms with Crippen molar-refractivity contribution in [2.45, 2.75) is 25.8 Å². The average Bonchev–Trinajstić information content (AvgIpc) is 3.25. The molecule has 2 aromatic rings. The lowest BCUT2D eigenvalue weighted by atomic mass is 10.0. The van der Waals surface area contributed by atoms with Crippen molar-refractivity contribution in [2.75, 3.05) is 6.61 Å². The highest BCUT2D eigenvalue weighted by molar-refractivity contribution is 6.16. The van der Waals surface area contributed by atoms with E-state index in [0.29, 0.717) is 6.61 Å². The van der Waals surface area contributed by atoms with Gasteiger partial charge in [-0.1, -0.05) is 42.5 Å². The van der Waals surface area contributed by atoms with Crippen LogP contribution in [-0.2, 0) is 16.0 Å². The Bertz CT molecular complexity index is 675. The molecule has 20 heavy (non-hydrogen) atoms. The lowest BCUT2D eigenvalue weighted by Gasteiger charge is -2.02. The topological polar surface area (TPSA) is 38.7 Å². The van der Waals surface area contributed by atoms with Gasteiger partial charge >= 0.3 is 5.97 Å². The van der Waals surface area contributed by atoms with Gasteiger partial charge < -0.3 is 4.74 Å². The first-order valence-corrected chi connectivity index (χ1v) is 6.99. The number of hydrogen-bond acceptors (Lipinski definition) is 3. The summed E-state index contributed by atoms with van der Waals surface area (Å²) in [5, 5.41) is 2.51. The fourth-order valence-corrected chi connectivity index (χ4v) is 2.41. The van der Waals surface area contributed by atoms with E-state index in [1.807, 2.05) is 19.1 Å². The monoisotopic (exact) mass is 267 g/mol. The number of ether oxygens (including phenoxy) is 1. The highest BCUT2D eigenvalue weighted by Crippen LogP contribution is 2.21. The number of aryl methyl sites for hydroxylation is 1. The molecule has 2 aromatic carbocycles. The van der Waals surface area contributed by atoms with E-state index in [-0.39, 0.29) is 12.0 Å². The van der Waals surface area contributed by atoms with Crippen LogP contribution in [0, 0.1) is 0 Å². The number of esters is 1. The maximum atomic E-state index is 11.5. The first-order valence-electron chi connectivity index (χ1n) is 6.99. The molecule has 0 bridgehead atoms. The lowest BCUT2D eigenvalue weighted by Crippen LogP contribution is -2.16. The Labute approximate surface area is 118 Å². The SMILES string of the molecule is CCOC(=O)C1N=C1CCc1ccc2ccccc2c1. The van der Waals surface area contributed by atoms with Crippen LogP contribution in [0.1, 0.15) is 18.9 Å². The maximum absolute atomic E-state index is 11.5. The molecule has 0 aromatic heterocycles. The Kier molecular flexibility index (Phi) is 3.50. The van der Waals surface area contributed by atoms with Crippen LogP contribution in [0.4, 0.5) is 0 Å². The second-order valence-corrected chi connectivity index (χ2v) is 4.96. The van der Waals surface area contributed by atoms with Crippen LogP contribution in [0.15, 0.2) is 47.5 Å². The summed E-state index contributed by atoms with van der Waals surface area (Å²) in [6.07, 6.45) is 1.75. The van der Waals surface area contributed by atoms with Gasteiger partial charge in [0.15, 0.2) is 6.04 Å². The number of rotatable bonds is 5. The predicted molar refractivity (Wildman–Crippen MR) is 80.1 cm³/mol. The smallest absolute Gasteiger partial charge is 0.336 e. The van der Waals surface area contributed by atoms with Crippen LogP contribution in [0.5, 0.6) is 0 Å². The van der Waals surface area contributed by atoms with Crippen LogP contribution >= 0.6 is 0 Å². The summed E-state index contributed by atoms with van der Waals surface area (Å²) in [5.41, 5.74) is 2.25. The minimum atomic E-state index is -0.296. The molecule has 1 aliphatic heterocycles. The Balaban J connectivity index is 1.58. The summed E-state index contributed by atoms with van der Waals surface area (Å²) >= 11 is 0. The molecule has 3 nitrogen and oxygen atoms in total. The van der Waals surface area contributed by atoms with E-state index in [9.17, 15) is 4.79 Å². The normalized spacial score (nSPS) is 16.9. The van der Waals surface area contributed by atoms with Crippen molar-refractivity contribution in [3.63, 3.8) is 0 Å². The van der Waals surface area contributed by atoms with Crippen molar-refractivity contribution < 1.29 is 9.53 Å². The molecule has 1 unspecified atom stereocenters. The Morgan fingerprint density at radius 2 is 1.95 bits per heavy atom. The molecule has 3 rings (SSSR count). The van der Waals surface area contributed by atoms with Crippen molar-refractivity contribution in [3.05, 3.63) is 48.0 Å². The quantitative estimate of drug-likeness (QED) is 0.780.